The summed E-state index contributed by atoms with van der Waals surface area (Å²) in [5.74, 6) is 0.815. The van der Waals surface area contributed by atoms with Crippen LogP contribution in [-0.2, 0) is 0 Å². The summed E-state index contributed by atoms with van der Waals surface area (Å²) in [6.07, 6.45) is 1.54. The SMILES string of the molecule is CCCOc1ccc(Cl)cc1NC(=O)NCC(C)CCO. The van der Waals surface area contributed by atoms with Crippen LogP contribution in [0.5, 0.6) is 5.75 Å². The minimum atomic E-state index is -0.316. The molecule has 0 radical (unpaired) electrons. The Labute approximate surface area is 130 Å². The Morgan fingerprint density at radius 1 is 1.48 bits per heavy atom. The van der Waals surface area contributed by atoms with E-state index < -0.39 is 0 Å². The highest BCUT2D eigenvalue weighted by Gasteiger charge is 2.10. The molecule has 0 fully saturated rings. The minimum Gasteiger partial charge on any atom is -0.491 e. The topological polar surface area (TPSA) is 70.6 Å². The second-order valence-electron chi connectivity index (χ2n) is 4.94. The van der Waals surface area contributed by atoms with E-state index in [-0.39, 0.29) is 18.6 Å². The molecular formula is C15H23ClN2O3. The largest absolute Gasteiger partial charge is 0.491 e. The molecule has 1 aromatic carbocycles. The number of rotatable bonds is 8. The number of benzene rings is 1. The predicted octanol–water partition coefficient (Wildman–Crippen LogP) is 3.27. The van der Waals surface area contributed by atoms with Gasteiger partial charge in [0, 0.05) is 18.2 Å². The highest BCUT2D eigenvalue weighted by atomic mass is 35.5. The predicted molar refractivity (Wildman–Crippen MR) is 85.1 cm³/mol. The Morgan fingerprint density at radius 3 is 2.90 bits per heavy atom. The fourth-order valence-electron chi connectivity index (χ4n) is 1.69. The third-order valence-corrected chi connectivity index (χ3v) is 3.12. The van der Waals surface area contributed by atoms with Gasteiger partial charge in [-0.3, -0.25) is 0 Å². The number of halogens is 1. The number of hydrogen-bond acceptors (Lipinski definition) is 3. The van der Waals surface area contributed by atoms with Crippen molar-refractivity contribution < 1.29 is 14.6 Å². The zero-order valence-electron chi connectivity index (χ0n) is 12.5. The van der Waals surface area contributed by atoms with E-state index in [1.54, 1.807) is 18.2 Å². The van der Waals surface area contributed by atoms with Crippen LogP contribution in [0.25, 0.3) is 0 Å². The summed E-state index contributed by atoms with van der Waals surface area (Å²) >= 11 is 5.95. The van der Waals surface area contributed by atoms with Gasteiger partial charge in [0.2, 0.25) is 0 Å². The van der Waals surface area contributed by atoms with E-state index in [2.05, 4.69) is 10.6 Å². The number of carbonyl (C=O) groups is 1. The maximum absolute atomic E-state index is 11.9. The van der Waals surface area contributed by atoms with Gasteiger partial charge in [0.15, 0.2) is 0 Å². The van der Waals surface area contributed by atoms with E-state index in [1.165, 1.54) is 0 Å². The van der Waals surface area contributed by atoms with E-state index >= 15 is 0 Å². The first kappa shape index (κ1) is 17.6. The summed E-state index contributed by atoms with van der Waals surface area (Å²) in [6, 6.07) is 4.80. The maximum Gasteiger partial charge on any atom is 0.319 e. The van der Waals surface area contributed by atoms with Gasteiger partial charge in [0.1, 0.15) is 5.75 Å². The molecule has 0 spiro atoms. The fourth-order valence-corrected chi connectivity index (χ4v) is 1.87. The van der Waals surface area contributed by atoms with Gasteiger partial charge in [-0.15, -0.1) is 0 Å². The molecule has 5 nitrogen and oxygen atoms in total. The van der Waals surface area contributed by atoms with E-state index in [0.29, 0.717) is 36.0 Å². The number of nitrogens with one attached hydrogen (secondary N) is 2. The van der Waals surface area contributed by atoms with E-state index in [0.717, 1.165) is 6.42 Å². The smallest absolute Gasteiger partial charge is 0.319 e. The second-order valence-corrected chi connectivity index (χ2v) is 5.38. The first-order valence-corrected chi connectivity index (χ1v) is 7.52. The number of anilines is 1. The molecule has 21 heavy (non-hydrogen) atoms. The van der Waals surface area contributed by atoms with Crippen molar-refractivity contribution in [2.75, 3.05) is 25.1 Å². The third kappa shape index (κ3) is 6.69. The lowest BCUT2D eigenvalue weighted by atomic mass is 10.1. The van der Waals surface area contributed by atoms with E-state index in [4.69, 9.17) is 21.4 Å². The van der Waals surface area contributed by atoms with Crippen LogP contribution in [0, 0.1) is 5.92 Å². The number of hydrogen-bond donors (Lipinski definition) is 3. The molecule has 118 valence electrons. The molecule has 3 N–H and O–H groups in total. The Hall–Kier alpha value is -1.46. The quantitative estimate of drug-likeness (QED) is 0.689. The normalized spacial score (nSPS) is 11.8. The molecule has 0 aromatic heterocycles. The van der Waals surface area contributed by atoms with Crippen LogP contribution < -0.4 is 15.4 Å². The standard InChI is InChI=1S/C15H23ClN2O3/c1-3-8-21-14-5-4-12(16)9-13(14)18-15(20)17-10-11(2)6-7-19/h4-5,9,11,19H,3,6-8,10H2,1-2H3,(H2,17,18,20). The average Bonchev–Trinajstić information content (AvgIpc) is 2.45. The lowest BCUT2D eigenvalue weighted by Crippen LogP contribution is -2.32. The summed E-state index contributed by atoms with van der Waals surface area (Å²) in [5, 5.41) is 14.9. The Kier molecular flexibility index (Phi) is 7.93. The van der Waals surface area contributed by atoms with Crippen molar-refractivity contribution in [3.05, 3.63) is 23.2 Å². The number of aliphatic hydroxyl groups excluding tert-OH is 1. The lowest BCUT2D eigenvalue weighted by molar-refractivity contribution is 0.243. The molecule has 0 saturated carbocycles. The van der Waals surface area contributed by atoms with E-state index in [1.807, 2.05) is 13.8 Å². The zero-order valence-corrected chi connectivity index (χ0v) is 13.2. The summed E-state index contributed by atoms with van der Waals surface area (Å²) < 4.78 is 5.57. The molecule has 2 amide bonds. The molecule has 0 aliphatic heterocycles. The summed E-state index contributed by atoms with van der Waals surface area (Å²) in [6.45, 7) is 5.17. The molecular weight excluding hydrogens is 292 g/mol. The van der Waals surface area contributed by atoms with Crippen molar-refractivity contribution in [1.82, 2.24) is 5.32 Å². The average molecular weight is 315 g/mol. The second kappa shape index (κ2) is 9.47. The number of carbonyl (C=O) groups excluding carboxylic acids is 1. The van der Waals surface area contributed by atoms with Crippen molar-refractivity contribution in [2.24, 2.45) is 5.92 Å². The molecule has 0 saturated heterocycles. The van der Waals surface area contributed by atoms with Crippen molar-refractivity contribution in [3.8, 4) is 5.75 Å². The number of ether oxygens (including phenoxy) is 1. The van der Waals surface area contributed by atoms with Gasteiger partial charge >= 0.3 is 6.03 Å². The first-order chi connectivity index (χ1) is 10.1. The molecule has 0 heterocycles. The van der Waals surface area contributed by atoms with Crippen LogP contribution in [-0.4, -0.2) is 30.9 Å². The van der Waals surface area contributed by atoms with Crippen LogP contribution in [0.15, 0.2) is 18.2 Å². The van der Waals surface area contributed by atoms with E-state index in [9.17, 15) is 4.79 Å². The minimum absolute atomic E-state index is 0.119. The highest BCUT2D eigenvalue weighted by Crippen LogP contribution is 2.28. The lowest BCUT2D eigenvalue weighted by Gasteiger charge is -2.15. The molecule has 1 rings (SSSR count). The summed E-state index contributed by atoms with van der Waals surface area (Å²) in [5.41, 5.74) is 0.545. The number of aliphatic hydroxyl groups is 1. The third-order valence-electron chi connectivity index (χ3n) is 2.88. The fraction of sp³-hybridized carbons (Fsp3) is 0.533. The summed E-state index contributed by atoms with van der Waals surface area (Å²) in [4.78, 5) is 11.9. The Bertz CT molecular complexity index is 455. The number of urea groups is 1. The van der Waals surface area contributed by atoms with Gasteiger partial charge in [-0.2, -0.15) is 0 Å². The van der Waals surface area contributed by atoms with Crippen LogP contribution in [0.2, 0.25) is 5.02 Å². The van der Waals surface area contributed by atoms with Gasteiger partial charge < -0.3 is 20.5 Å². The molecule has 1 aromatic rings. The zero-order chi connectivity index (χ0) is 15.7. The van der Waals surface area contributed by atoms with Crippen LogP contribution >= 0.6 is 11.6 Å². The molecule has 0 bridgehead atoms. The van der Waals surface area contributed by atoms with Gasteiger partial charge in [-0.05, 0) is 37.0 Å². The van der Waals surface area contributed by atoms with Crippen LogP contribution in [0.4, 0.5) is 10.5 Å². The van der Waals surface area contributed by atoms with Crippen molar-refractivity contribution in [3.63, 3.8) is 0 Å². The monoisotopic (exact) mass is 314 g/mol. The van der Waals surface area contributed by atoms with Gasteiger partial charge in [-0.25, -0.2) is 4.79 Å². The van der Waals surface area contributed by atoms with Crippen LogP contribution in [0.1, 0.15) is 26.7 Å². The highest BCUT2D eigenvalue weighted by molar-refractivity contribution is 6.31. The molecule has 1 unspecified atom stereocenters. The molecule has 0 aliphatic carbocycles. The van der Waals surface area contributed by atoms with Gasteiger partial charge in [0.05, 0.1) is 12.3 Å². The van der Waals surface area contributed by atoms with Gasteiger partial charge in [-0.1, -0.05) is 25.4 Å². The van der Waals surface area contributed by atoms with Crippen molar-refractivity contribution in [1.29, 1.82) is 0 Å². The van der Waals surface area contributed by atoms with Crippen molar-refractivity contribution >= 4 is 23.3 Å². The number of amides is 2. The Balaban J connectivity index is 2.59. The maximum atomic E-state index is 11.9. The molecule has 0 aliphatic rings. The Morgan fingerprint density at radius 2 is 2.24 bits per heavy atom. The van der Waals surface area contributed by atoms with Crippen LogP contribution in [0.3, 0.4) is 0 Å². The molecule has 1 atom stereocenters. The van der Waals surface area contributed by atoms with Gasteiger partial charge in [0.25, 0.3) is 0 Å². The summed E-state index contributed by atoms with van der Waals surface area (Å²) in [7, 11) is 0. The first-order valence-electron chi connectivity index (χ1n) is 7.14. The van der Waals surface area contributed by atoms with Crippen molar-refractivity contribution in [2.45, 2.75) is 26.7 Å². The molecule has 6 heteroatoms.